The number of quaternary nitrogens is 3. The van der Waals surface area contributed by atoms with Gasteiger partial charge in [0.2, 0.25) is 0 Å². The molecule has 3 nitrogen and oxygen atoms in total. The molecule has 120 valence electrons. The summed E-state index contributed by atoms with van der Waals surface area (Å²) in [6.07, 6.45) is 0. The lowest BCUT2D eigenvalue weighted by Gasteiger charge is -2.14. The molecule has 0 fully saturated rings. The molecule has 0 aliphatic heterocycles. The van der Waals surface area contributed by atoms with Crippen molar-refractivity contribution in [2.24, 2.45) is 0 Å². The van der Waals surface area contributed by atoms with Crippen molar-refractivity contribution in [3.63, 3.8) is 0 Å². The molecule has 0 radical (unpaired) electrons. The van der Waals surface area contributed by atoms with Crippen LogP contribution in [0, 0.1) is 0 Å². The van der Waals surface area contributed by atoms with Crippen molar-refractivity contribution < 1.29 is 64.4 Å². The molecule has 0 saturated heterocycles. The zero-order chi connectivity index (χ0) is 13.5. The van der Waals surface area contributed by atoms with E-state index in [0.29, 0.717) is 0 Å². The molecule has 0 aromatic heterocycles. The second-order valence-electron chi connectivity index (χ2n) is 8.05. The van der Waals surface area contributed by atoms with E-state index in [0.717, 1.165) is 13.4 Å². The first kappa shape index (κ1) is 36.5. The second kappa shape index (κ2) is 14.7. The predicted octanol–water partition coefficient (Wildman–Crippen LogP) is -8.02. The van der Waals surface area contributed by atoms with E-state index < -0.39 is 0 Å². The van der Waals surface area contributed by atoms with Crippen LogP contribution in [0.5, 0.6) is 0 Å². The van der Waals surface area contributed by atoms with E-state index >= 15 is 0 Å². The van der Waals surface area contributed by atoms with Crippen LogP contribution in [-0.2, 0) is 0 Å². The molecule has 0 aliphatic carbocycles. The third kappa shape index (κ3) is 2650. The van der Waals surface area contributed by atoms with Gasteiger partial charge in [-0.1, -0.05) is 0 Å². The molecule has 0 saturated carbocycles. The molecule has 0 amide bonds. The number of hydrogen-bond donors (Lipinski definition) is 0. The van der Waals surface area contributed by atoms with Crippen LogP contribution in [-0.4, -0.2) is 98.0 Å². The molecule has 0 unspecified atom stereocenters. The lowest BCUT2D eigenvalue weighted by atomic mass is 10.8. The monoisotopic (exact) mass is 459 g/mol. The lowest BCUT2D eigenvalue weighted by molar-refractivity contribution is -0.849. The zero-order valence-electron chi connectivity index (χ0n) is 14.5. The van der Waals surface area contributed by atoms with Crippen LogP contribution in [0.2, 0.25) is 0 Å². The maximum Gasteiger partial charge on any atom is 0.0675 e. The molecule has 0 heterocycles. The predicted molar refractivity (Wildman–Crippen MR) is 71.9 cm³/mol. The van der Waals surface area contributed by atoms with E-state index in [1.54, 1.807) is 0 Å². The first-order valence-electron chi connectivity index (χ1n) is 5.37. The average molecular weight is 462 g/mol. The Morgan fingerprint density at radius 3 is 0.278 bits per heavy atom. The molecule has 0 aromatic carbocycles. The molecular weight excluding hydrogens is 426 g/mol. The SMILES string of the molecule is C[N+](C)(C)C.C[N+](C)(C)C.C[N+](C)(C)C.[Br-].[Br-].[Br-]. The first-order valence-corrected chi connectivity index (χ1v) is 5.37. The van der Waals surface area contributed by atoms with Gasteiger partial charge in [0.1, 0.15) is 0 Å². The molecule has 0 bridgehead atoms. The summed E-state index contributed by atoms with van der Waals surface area (Å²) in [6, 6.07) is 0. The number of rotatable bonds is 0. The maximum absolute atomic E-state index is 2.12. The summed E-state index contributed by atoms with van der Waals surface area (Å²) in [5.41, 5.74) is 0. The Bertz CT molecular complexity index is 97.6. The van der Waals surface area contributed by atoms with Gasteiger partial charge in [0.25, 0.3) is 0 Å². The van der Waals surface area contributed by atoms with E-state index in [1.165, 1.54) is 0 Å². The summed E-state index contributed by atoms with van der Waals surface area (Å²) >= 11 is 0. The molecule has 0 rings (SSSR count). The summed E-state index contributed by atoms with van der Waals surface area (Å²) in [6.45, 7) is 0. The fraction of sp³-hybridized carbons (Fsp3) is 1.00. The Kier molecular flexibility index (Phi) is 29.9. The number of hydrogen-bond acceptors (Lipinski definition) is 0. The smallest absolute Gasteiger partial charge is 0.0675 e. The Morgan fingerprint density at radius 1 is 0.278 bits per heavy atom. The van der Waals surface area contributed by atoms with Crippen molar-refractivity contribution in [2.45, 2.75) is 0 Å². The zero-order valence-corrected chi connectivity index (χ0v) is 19.2. The summed E-state index contributed by atoms with van der Waals surface area (Å²) in [7, 11) is 25.5. The van der Waals surface area contributed by atoms with Crippen LogP contribution in [0.3, 0.4) is 0 Å². The number of halogens is 3. The third-order valence-electron chi connectivity index (χ3n) is 0. The van der Waals surface area contributed by atoms with Gasteiger partial charge in [-0.25, -0.2) is 0 Å². The summed E-state index contributed by atoms with van der Waals surface area (Å²) in [4.78, 5) is 0. The fourth-order valence-corrected chi connectivity index (χ4v) is 0. The highest BCUT2D eigenvalue weighted by molar-refractivity contribution is 3.88. The van der Waals surface area contributed by atoms with Crippen molar-refractivity contribution in [1.82, 2.24) is 0 Å². The Labute approximate surface area is 148 Å². The Hall–Kier alpha value is 1.32. The highest BCUT2D eigenvalue weighted by Gasteiger charge is 1.89. The van der Waals surface area contributed by atoms with Crippen molar-refractivity contribution in [2.75, 3.05) is 84.6 Å². The van der Waals surface area contributed by atoms with Gasteiger partial charge in [0.15, 0.2) is 0 Å². The van der Waals surface area contributed by atoms with Gasteiger partial charge in [0.05, 0.1) is 84.6 Å². The molecule has 6 heteroatoms. The van der Waals surface area contributed by atoms with Gasteiger partial charge in [-0.3, -0.25) is 0 Å². The Morgan fingerprint density at radius 2 is 0.278 bits per heavy atom. The van der Waals surface area contributed by atoms with Crippen LogP contribution in [0.4, 0.5) is 0 Å². The van der Waals surface area contributed by atoms with Crippen molar-refractivity contribution in [3.05, 3.63) is 0 Å². The van der Waals surface area contributed by atoms with Crippen LogP contribution >= 0.6 is 0 Å². The van der Waals surface area contributed by atoms with Crippen molar-refractivity contribution in [3.8, 4) is 0 Å². The minimum Gasteiger partial charge on any atom is -1.00 e. The Balaban J connectivity index is -0.0000000277. The molecule has 0 atom stereocenters. The van der Waals surface area contributed by atoms with Crippen LogP contribution in [0.15, 0.2) is 0 Å². The van der Waals surface area contributed by atoms with Gasteiger partial charge in [-0.05, 0) is 0 Å². The topological polar surface area (TPSA) is 0 Å². The van der Waals surface area contributed by atoms with E-state index in [9.17, 15) is 0 Å². The normalized spacial score (nSPS) is 10.0. The standard InChI is InChI=1S/3C4H12N.3BrH/c3*1-5(2,3)4;;;/h3*1-4H3;3*1H/q3*+1;;;/p-3. The van der Waals surface area contributed by atoms with E-state index in [-0.39, 0.29) is 50.9 Å². The highest BCUT2D eigenvalue weighted by Crippen LogP contribution is 1.74. The molecule has 0 aliphatic rings. The summed E-state index contributed by atoms with van der Waals surface area (Å²) in [5, 5.41) is 0. The fourth-order valence-electron chi connectivity index (χ4n) is 0. The van der Waals surface area contributed by atoms with Crippen molar-refractivity contribution >= 4 is 0 Å². The van der Waals surface area contributed by atoms with Gasteiger partial charge < -0.3 is 64.4 Å². The van der Waals surface area contributed by atoms with E-state index in [2.05, 4.69) is 84.6 Å². The van der Waals surface area contributed by atoms with Gasteiger partial charge >= 0.3 is 0 Å². The van der Waals surface area contributed by atoms with Crippen LogP contribution < -0.4 is 50.9 Å². The molecule has 0 spiro atoms. The molecule has 0 aromatic rings. The molecule has 18 heavy (non-hydrogen) atoms. The third-order valence-corrected chi connectivity index (χ3v) is 0. The average Bonchev–Trinajstić information content (AvgIpc) is 1.41. The second-order valence-corrected chi connectivity index (χ2v) is 8.05. The first-order chi connectivity index (χ1) is 6.00. The highest BCUT2D eigenvalue weighted by atomic mass is 79.9. The number of nitrogens with zero attached hydrogens (tertiary/aromatic N) is 3. The largest absolute Gasteiger partial charge is 1.00 e. The molecule has 0 N–H and O–H groups in total. The minimum absolute atomic E-state index is 0. The summed E-state index contributed by atoms with van der Waals surface area (Å²) in [5.74, 6) is 0. The lowest BCUT2D eigenvalue weighted by Crippen LogP contribution is -3.00. The minimum atomic E-state index is 0. The van der Waals surface area contributed by atoms with Crippen LogP contribution in [0.1, 0.15) is 0 Å². The van der Waals surface area contributed by atoms with E-state index in [4.69, 9.17) is 0 Å². The maximum atomic E-state index is 2.12. The van der Waals surface area contributed by atoms with Gasteiger partial charge in [-0.15, -0.1) is 0 Å². The summed E-state index contributed by atoms with van der Waals surface area (Å²) < 4.78 is 3.00. The van der Waals surface area contributed by atoms with Crippen molar-refractivity contribution in [1.29, 1.82) is 0 Å². The molecular formula is C12H36Br3N3. The van der Waals surface area contributed by atoms with E-state index in [1.807, 2.05) is 0 Å². The van der Waals surface area contributed by atoms with Gasteiger partial charge in [0, 0.05) is 0 Å². The quantitative estimate of drug-likeness (QED) is 0.314. The van der Waals surface area contributed by atoms with Crippen LogP contribution in [0.25, 0.3) is 0 Å². The van der Waals surface area contributed by atoms with Gasteiger partial charge in [-0.2, -0.15) is 0 Å².